The Morgan fingerprint density at radius 2 is 1.69 bits per heavy atom. The summed E-state index contributed by atoms with van der Waals surface area (Å²) < 4.78 is 0. The Hall–Kier alpha value is -2.58. The third-order valence-corrected chi connectivity index (χ3v) is 4.17. The van der Waals surface area contributed by atoms with Gasteiger partial charge in [-0.25, -0.2) is 0 Å². The van der Waals surface area contributed by atoms with Crippen molar-refractivity contribution in [1.82, 2.24) is 10.3 Å². The van der Waals surface area contributed by atoms with E-state index in [1.165, 1.54) is 16.7 Å². The fraction of sp³-hybridized carbons (Fsp3) is 0.174. The van der Waals surface area contributed by atoms with Crippen molar-refractivity contribution >= 4 is 17.3 Å². The SMILES string of the molecule is C=C(NCc1ccc(C)cc1)c1cccnc1C.Cc1cccc(Cl)c1. The number of nitrogens with one attached hydrogen (secondary N) is 1. The highest BCUT2D eigenvalue weighted by Gasteiger charge is 2.02. The zero-order valence-electron chi connectivity index (χ0n) is 15.6. The highest BCUT2D eigenvalue weighted by molar-refractivity contribution is 6.30. The number of rotatable bonds is 4. The van der Waals surface area contributed by atoms with Gasteiger partial charge in [0.15, 0.2) is 0 Å². The van der Waals surface area contributed by atoms with Crippen molar-refractivity contribution in [3.8, 4) is 0 Å². The first-order valence-electron chi connectivity index (χ1n) is 8.58. The van der Waals surface area contributed by atoms with Crippen LogP contribution in [0.25, 0.3) is 5.70 Å². The molecule has 1 heterocycles. The van der Waals surface area contributed by atoms with E-state index < -0.39 is 0 Å². The lowest BCUT2D eigenvalue weighted by Gasteiger charge is -2.11. The summed E-state index contributed by atoms with van der Waals surface area (Å²) in [5.41, 5.74) is 6.73. The number of benzene rings is 2. The average Bonchev–Trinajstić information content (AvgIpc) is 2.62. The molecule has 26 heavy (non-hydrogen) atoms. The minimum Gasteiger partial charge on any atom is -0.381 e. The van der Waals surface area contributed by atoms with Gasteiger partial charge in [-0.3, -0.25) is 4.98 Å². The van der Waals surface area contributed by atoms with E-state index in [-0.39, 0.29) is 0 Å². The molecule has 0 atom stereocenters. The standard InChI is InChI=1S/C16H18N2.C7H7Cl/c1-12-6-8-15(9-7-12)11-18-14(3)16-5-4-10-17-13(16)2;1-6-3-2-4-7(8)5-6/h4-10,18H,3,11H2,1-2H3;2-5H,1H3. The lowest BCUT2D eigenvalue weighted by Crippen LogP contribution is -2.12. The van der Waals surface area contributed by atoms with Crippen LogP contribution < -0.4 is 5.32 Å². The van der Waals surface area contributed by atoms with E-state index in [1.807, 2.05) is 50.2 Å². The summed E-state index contributed by atoms with van der Waals surface area (Å²) in [6, 6.07) is 20.2. The number of hydrogen-bond acceptors (Lipinski definition) is 2. The smallest absolute Gasteiger partial charge is 0.0465 e. The quantitative estimate of drug-likeness (QED) is 0.604. The molecule has 0 fully saturated rings. The number of nitrogens with zero attached hydrogens (tertiary/aromatic N) is 1. The van der Waals surface area contributed by atoms with Crippen molar-refractivity contribution in [2.24, 2.45) is 0 Å². The van der Waals surface area contributed by atoms with Gasteiger partial charge in [-0.05, 0) is 56.2 Å². The molecule has 3 rings (SSSR count). The number of hydrogen-bond donors (Lipinski definition) is 1. The predicted octanol–water partition coefficient (Wildman–Crippen LogP) is 6.11. The fourth-order valence-corrected chi connectivity index (χ4v) is 2.66. The summed E-state index contributed by atoms with van der Waals surface area (Å²) in [5.74, 6) is 0. The molecule has 0 saturated heterocycles. The highest BCUT2D eigenvalue weighted by atomic mass is 35.5. The van der Waals surface area contributed by atoms with Gasteiger partial charge in [-0.15, -0.1) is 0 Å². The normalized spacial score (nSPS) is 9.85. The summed E-state index contributed by atoms with van der Waals surface area (Å²) in [4.78, 5) is 4.27. The molecule has 1 N–H and O–H groups in total. The van der Waals surface area contributed by atoms with Crippen molar-refractivity contribution in [2.45, 2.75) is 27.3 Å². The summed E-state index contributed by atoms with van der Waals surface area (Å²) >= 11 is 5.64. The van der Waals surface area contributed by atoms with Crippen molar-refractivity contribution < 1.29 is 0 Å². The first-order valence-corrected chi connectivity index (χ1v) is 8.96. The summed E-state index contributed by atoms with van der Waals surface area (Å²) in [6.45, 7) is 11.0. The molecule has 0 spiro atoms. The molecular formula is C23H25ClN2. The topological polar surface area (TPSA) is 24.9 Å². The summed E-state index contributed by atoms with van der Waals surface area (Å²) in [6.07, 6.45) is 1.80. The van der Waals surface area contributed by atoms with Gasteiger partial charge in [0.2, 0.25) is 0 Å². The molecule has 3 aromatic rings. The Morgan fingerprint density at radius 3 is 2.27 bits per heavy atom. The zero-order valence-corrected chi connectivity index (χ0v) is 16.3. The molecule has 0 radical (unpaired) electrons. The number of halogens is 1. The monoisotopic (exact) mass is 364 g/mol. The van der Waals surface area contributed by atoms with Crippen LogP contribution in [-0.4, -0.2) is 4.98 Å². The second-order valence-corrected chi connectivity index (χ2v) is 6.69. The van der Waals surface area contributed by atoms with Crippen LogP contribution in [0.1, 0.15) is 27.9 Å². The molecule has 134 valence electrons. The molecule has 0 bridgehead atoms. The Balaban J connectivity index is 0.000000254. The minimum atomic E-state index is 0.785. The maximum atomic E-state index is 5.64. The van der Waals surface area contributed by atoms with Crippen LogP contribution in [0, 0.1) is 20.8 Å². The molecule has 0 aliphatic heterocycles. The lowest BCUT2D eigenvalue weighted by molar-refractivity contribution is 0.887. The van der Waals surface area contributed by atoms with Crippen LogP contribution in [0.15, 0.2) is 73.4 Å². The van der Waals surface area contributed by atoms with E-state index in [9.17, 15) is 0 Å². The molecule has 3 heteroatoms. The molecule has 2 nitrogen and oxygen atoms in total. The van der Waals surface area contributed by atoms with Crippen LogP contribution in [-0.2, 0) is 6.54 Å². The van der Waals surface area contributed by atoms with E-state index in [1.54, 1.807) is 6.20 Å². The molecule has 0 aliphatic rings. The van der Waals surface area contributed by atoms with Crippen LogP contribution in [0.2, 0.25) is 5.02 Å². The van der Waals surface area contributed by atoms with Gasteiger partial charge in [0.25, 0.3) is 0 Å². The summed E-state index contributed by atoms with van der Waals surface area (Å²) in [5, 5.41) is 4.15. The van der Waals surface area contributed by atoms with Crippen LogP contribution >= 0.6 is 11.6 Å². The molecule has 0 amide bonds. The van der Waals surface area contributed by atoms with Gasteiger partial charge in [0.05, 0.1) is 0 Å². The average molecular weight is 365 g/mol. The maximum absolute atomic E-state index is 5.64. The molecule has 0 unspecified atom stereocenters. The third-order valence-electron chi connectivity index (χ3n) is 3.94. The van der Waals surface area contributed by atoms with E-state index in [0.29, 0.717) is 0 Å². The van der Waals surface area contributed by atoms with Gasteiger partial charge in [-0.1, -0.05) is 60.1 Å². The highest BCUT2D eigenvalue weighted by Crippen LogP contribution is 2.13. The van der Waals surface area contributed by atoms with E-state index in [4.69, 9.17) is 11.6 Å². The van der Waals surface area contributed by atoms with Crippen molar-refractivity contribution in [2.75, 3.05) is 0 Å². The second-order valence-electron chi connectivity index (χ2n) is 6.25. The predicted molar refractivity (Wildman–Crippen MR) is 112 cm³/mol. The number of aryl methyl sites for hydroxylation is 3. The maximum Gasteiger partial charge on any atom is 0.0465 e. The minimum absolute atomic E-state index is 0.785. The Labute approximate surface area is 161 Å². The second kappa shape index (κ2) is 9.79. The van der Waals surface area contributed by atoms with Gasteiger partial charge >= 0.3 is 0 Å². The van der Waals surface area contributed by atoms with Gasteiger partial charge in [0.1, 0.15) is 0 Å². The molecule has 1 aromatic heterocycles. The van der Waals surface area contributed by atoms with Crippen LogP contribution in [0.5, 0.6) is 0 Å². The van der Waals surface area contributed by atoms with Crippen molar-refractivity contribution in [1.29, 1.82) is 0 Å². The number of pyridine rings is 1. The molecule has 2 aromatic carbocycles. The molecule has 0 aliphatic carbocycles. The van der Waals surface area contributed by atoms with E-state index in [0.717, 1.165) is 28.5 Å². The summed E-state index contributed by atoms with van der Waals surface area (Å²) in [7, 11) is 0. The van der Waals surface area contributed by atoms with E-state index >= 15 is 0 Å². The van der Waals surface area contributed by atoms with Gasteiger partial charge < -0.3 is 5.32 Å². The van der Waals surface area contributed by atoms with Crippen LogP contribution in [0.3, 0.4) is 0 Å². The first-order chi connectivity index (χ1) is 12.5. The molecular weight excluding hydrogens is 340 g/mol. The number of aromatic nitrogens is 1. The molecule has 0 saturated carbocycles. The largest absolute Gasteiger partial charge is 0.381 e. The Bertz CT molecular complexity index is 837. The first kappa shape index (κ1) is 19.7. The van der Waals surface area contributed by atoms with Crippen molar-refractivity contribution in [3.05, 3.63) is 106 Å². The zero-order chi connectivity index (χ0) is 18.9. The van der Waals surface area contributed by atoms with Gasteiger partial charge in [-0.2, -0.15) is 0 Å². The van der Waals surface area contributed by atoms with Crippen LogP contribution in [0.4, 0.5) is 0 Å². The Kier molecular flexibility index (Phi) is 7.43. The fourth-order valence-electron chi connectivity index (χ4n) is 2.42. The van der Waals surface area contributed by atoms with Gasteiger partial charge in [0, 0.05) is 34.7 Å². The van der Waals surface area contributed by atoms with Crippen molar-refractivity contribution in [3.63, 3.8) is 0 Å². The third kappa shape index (κ3) is 6.38. The lowest BCUT2D eigenvalue weighted by atomic mass is 10.1. The Morgan fingerprint density at radius 1 is 0.962 bits per heavy atom. The van der Waals surface area contributed by atoms with E-state index in [2.05, 4.69) is 48.1 Å².